The van der Waals surface area contributed by atoms with E-state index < -0.39 is 18.0 Å². The van der Waals surface area contributed by atoms with Crippen LogP contribution >= 0.6 is 0 Å². The number of ether oxygens (including phenoxy) is 1. The van der Waals surface area contributed by atoms with Crippen LogP contribution in [0.15, 0.2) is 12.1 Å². The van der Waals surface area contributed by atoms with E-state index in [9.17, 15) is 13.6 Å². The number of nitriles is 1. The Morgan fingerprint density at radius 2 is 2.22 bits per heavy atom. The van der Waals surface area contributed by atoms with E-state index in [0.717, 1.165) is 6.07 Å². The first-order valence-electron chi connectivity index (χ1n) is 5.27. The first kappa shape index (κ1) is 14.1. The fourth-order valence-corrected chi connectivity index (χ4v) is 1.54. The van der Waals surface area contributed by atoms with Gasteiger partial charge in [-0.2, -0.15) is 5.26 Å². The summed E-state index contributed by atoms with van der Waals surface area (Å²) in [6.07, 6.45) is -2.87. The average molecular weight is 254 g/mol. The lowest BCUT2D eigenvalue weighted by Gasteiger charge is -2.11. The number of carbonyl (C=O) groups excluding carboxylic acids is 1. The Kier molecular flexibility index (Phi) is 4.75. The molecule has 0 spiro atoms. The fourth-order valence-electron chi connectivity index (χ4n) is 1.54. The molecule has 0 bridgehead atoms. The summed E-state index contributed by atoms with van der Waals surface area (Å²) in [5, 5.41) is 8.92. The van der Waals surface area contributed by atoms with Gasteiger partial charge in [0.05, 0.1) is 17.7 Å². The average Bonchev–Trinajstić information content (AvgIpc) is 2.37. The van der Waals surface area contributed by atoms with Gasteiger partial charge in [-0.25, -0.2) is 13.6 Å². The van der Waals surface area contributed by atoms with Crippen molar-refractivity contribution in [3.8, 4) is 6.07 Å². The number of nitrogens with zero attached hydrogens (tertiary/aromatic N) is 1. The van der Waals surface area contributed by atoms with Crippen LogP contribution in [0.2, 0.25) is 0 Å². The lowest BCUT2D eigenvalue weighted by molar-refractivity contribution is 0.0515. The molecular weight excluding hydrogens is 242 g/mol. The highest BCUT2D eigenvalue weighted by molar-refractivity contribution is 5.94. The van der Waals surface area contributed by atoms with Crippen molar-refractivity contribution >= 4 is 5.97 Å². The number of halogens is 2. The van der Waals surface area contributed by atoms with Gasteiger partial charge in [-0.15, -0.1) is 0 Å². The molecule has 0 heterocycles. The van der Waals surface area contributed by atoms with Crippen LogP contribution in [-0.4, -0.2) is 12.6 Å². The minimum atomic E-state index is -2.87. The van der Waals surface area contributed by atoms with E-state index in [1.807, 2.05) is 0 Å². The molecule has 0 aliphatic rings. The van der Waals surface area contributed by atoms with Gasteiger partial charge >= 0.3 is 5.97 Å². The third-order valence-corrected chi connectivity index (χ3v) is 2.30. The molecule has 0 aliphatic heterocycles. The normalized spacial score (nSPS) is 10.2. The van der Waals surface area contributed by atoms with E-state index in [-0.39, 0.29) is 24.3 Å². The zero-order valence-corrected chi connectivity index (χ0v) is 9.74. The zero-order chi connectivity index (χ0) is 13.7. The molecule has 0 unspecified atom stereocenters. The van der Waals surface area contributed by atoms with Crippen LogP contribution in [0.4, 0.5) is 8.78 Å². The van der Waals surface area contributed by atoms with E-state index >= 15 is 0 Å². The maximum atomic E-state index is 12.9. The monoisotopic (exact) mass is 254 g/mol. The number of alkyl halides is 2. The summed E-state index contributed by atoms with van der Waals surface area (Å²) in [7, 11) is 0. The smallest absolute Gasteiger partial charge is 0.339 e. The van der Waals surface area contributed by atoms with E-state index in [4.69, 9.17) is 11.0 Å². The summed E-state index contributed by atoms with van der Waals surface area (Å²) in [6, 6.07) is 4.16. The van der Waals surface area contributed by atoms with Gasteiger partial charge in [0.15, 0.2) is 0 Å². The van der Waals surface area contributed by atoms with Crippen molar-refractivity contribution in [3.63, 3.8) is 0 Å². The Balaban J connectivity index is 3.45. The van der Waals surface area contributed by atoms with Gasteiger partial charge in [-0.05, 0) is 24.6 Å². The molecule has 0 aliphatic carbocycles. The van der Waals surface area contributed by atoms with Crippen molar-refractivity contribution in [2.24, 2.45) is 5.73 Å². The summed E-state index contributed by atoms with van der Waals surface area (Å²) < 4.78 is 30.5. The van der Waals surface area contributed by atoms with Crippen molar-refractivity contribution in [1.29, 1.82) is 5.26 Å². The zero-order valence-electron chi connectivity index (χ0n) is 9.74. The van der Waals surface area contributed by atoms with Crippen LogP contribution < -0.4 is 5.73 Å². The Morgan fingerprint density at radius 1 is 1.56 bits per heavy atom. The van der Waals surface area contributed by atoms with E-state index in [1.54, 1.807) is 13.0 Å². The highest BCUT2D eigenvalue weighted by atomic mass is 19.3. The summed E-state index contributed by atoms with van der Waals surface area (Å²) in [6.45, 7) is 1.61. The van der Waals surface area contributed by atoms with E-state index in [2.05, 4.69) is 4.74 Å². The number of rotatable bonds is 4. The molecule has 18 heavy (non-hydrogen) atoms. The van der Waals surface area contributed by atoms with Gasteiger partial charge < -0.3 is 10.5 Å². The lowest BCUT2D eigenvalue weighted by Crippen LogP contribution is -2.12. The third kappa shape index (κ3) is 2.81. The molecule has 0 radical (unpaired) electrons. The largest absolute Gasteiger partial charge is 0.462 e. The maximum Gasteiger partial charge on any atom is 0.339 e. The second kappa shape index (κ2) is 6.07. The molecule has 0 fully saturated rings. The Morgan fingerprint density at radius 3 is 2.67 bits per heavy atom. The van der Waals surface area contributed by atoms with Crippen molar-refractivity contribution in [2.75, 3.05) is 6.61 Å². The predicted octanol–water partition coefficient (Wildman–Crippen LogP) is 2.13. The van der Waals surface area contributed by atoms with Gasteiger partial charge in [-0.3, -0.25) is 0 Å². The van der Waals surface area contributed by atoms with Crippen molar-refractivity contribution in [3.05, 3.63) is 34.4 Å². The number of carbonyl (C=O) groups is 1. The SMILES string of the molecule is CCOC(=O)c1c(C#N)cc(CN)cc1C(F)F. The standard InChI is InChI=1S/C12H12F2N2O2/c1-2-18-12(17)10-8(6-16)3-7(5-15)4-9(10)11(13)14/h3-4,11H,2,5,15H2,1H3. The maximum absolute atomic E-state index is 12.9. The Hall–Kier alpha value is -2.00. The van der Waals surface area contributed by atoms with Gasteiger partial charge in [0.2, 0.25) is 0 Å². The highest BCUT2D eigenvalue weighted by Gasteiger charge is 2.24. The van der Waals surface area contributed by atoms with Gasteiger partial charge in [0, 0.05) is 12.1 Å². The quantitative estimate of drug-likeness (QED) is 0.835. The highest BCUT2D eigenvalue weighted by Crippen LogP contribution is 2.27. The molecule has 0 amide bonds. The molecule has 0 aromatic heterocycles. The van der Waals surface area contributed by atoms with Crippen LogP contribution in [0.5, 0.6) is 0 Å². The number of hydrogen-bond acceptors (Lipinski definition) is 4. The topological polar surface area (TPSA) is 76.1 Å². The number of nitrogens with two attached hydrogens (primary N) is 1. The molecule has 2 N–H and O–H groups in total. The molecular formula is C12H12F2N2O2. The summed E-state index contributed by atoms with van der Waals surface area (Å²) in [4.78, 5) is 11.6. The fraction of sp³-hybridized carbons (Fsp3) is 0.333. The summed E-state index contributed by atoms with van der Waals surface area (Å²) in [5.41, 5.74) is 4.68. The third-order valence-electron chi connectivity index (χ3n) is 2.30. The van der Waals surface area contributed by atoms with Crippen molar-refractivity contribution in [1.82, 2.24) is 0 Å². The molecule has 1 aromatic carbocycles. The second-order valence-electron chi connectivity index (χ2n) is 3.44. The number of esters is 1. The summed E-state index contributed by atoms with van der Waals surface area (Å²) in [5.74, 6) is -0.923. The van der Waals surface area contributed by atoms with Crippen molar-refractivity contribution < 1.29 is 18.3 Å². The number of benzene rings is 1. The van der Waals surface area contributed by atoms with Crippen LogP contribution in [0.25, 0.3) is 0 Å². The molecule has 0 saturated carbocycles. The molecule has 96 valence electrons. The molecule has 0 atom stereocenters. The van der Waals surface area contributed by atoms with Crippen LogP contribution in [0, 0.1) is 11.3 Å². The first-order valence-corrected chi connectivity index (χ1v) is 5.27. The van der Waals surface area contributed by atoms with E-state index in [0.29, 0.717) is 5.56 Å². The predicted molar refractivity (Wildman–Crippen MR) is 60.0 cm³/mol. The molecule has 4 nitrogen and oxygen atoms in total. The minimum absolute atomic E-state index is 0.0114. The van der Waals surface area contributed by atoms with Gasteiger partial charge in [0.1, 0.15) is 6.07 Å². The van der Waals surface area contributed by atoms with E-state index in [1.165, 1.54) is 6.07 Å². The molecule has 6 heteroatoms. The van der Waals surface area contributed by atoms with Crippen LogP contribution in [0.3, 0.4) is 0 Å². The Bertz CT molecular complexity index is 496. The Labute approximate surface area is 103 Å². The van der Waals surface area contributed by atoms with Crippen LogP contribution in [-0.2, 0) is 11.3 Å². The lowest BCUT2D eigenvalue weighted by atomic mass is 9.98. The number of hydrogen-bond donors (Lipinski definition) is 1. The summed E-state index contributed by atoms with van der Waals surface area (Å²) >= 11 is 0. The second-order valence-corrected chi connectivity index (χ2v) is 3.44. The van der Waals surface area contributed by atoms with Crippen molar-refractivity contribution in [2.45, 2.75) is 19.9 Å². The molecule has 0 saturated heterocycles. The van der Waals surface area contributed by atoms with Gasteiger partial charge in [-0.1, -0.05) is 0 Å². The molecule has 1 rings (SSSR count). The first-order chi connectivity index (χ1) is 8.54. The minimum Gasteiger partial charge on any atom is -0.462 e. The molecule has 1 aromatic rings. The van der Waals surface area contributed by atoms with Gasteiger partial charge in [0.25, 0.3) is 6.43 Å². The van der Waals surface area contributed by atoms with Crippen LogP contribution in [0.1, 0.15) is 40.4 Å².